The van der Waals surface area contributed by atoms with Crippen LogP contribution in [-0.4, -0.2) is 28.1 Å². The second-order valence-corrected chi connectivity index (χ2v) is 6.89. The van der Waals surface area contributed by atoms with E-state index >= 15 is 0 Å². The molecule has 2 rings (SSSR count). The van der Waals surface area contributed by atoms with E-state index in [4.69, 9.17) is 10.8 Å². The summed E-state index contributed by atoms with van der Waals surface area (Å²) in [5.74, 6) is 0. The lowest BCUT2D eigenvalue weighted by Crippen LogP contribution is -2.25. The van der Waals surface area contributed by atoms with E-state index in [0.29, 0.717) is 11.7 Å². The number of nitrogens with zero attached hydrogens (tertiary/aromatic N) is 2. The van der Waals surface area contributed by atoms with Gasteiger partial charge in [-0.15, -0.1) is 35.1 Å². The molecule has 106 valence electrons. The van der Waals surface area contributed by atoms with E-state index in [1.54, 1.807) is 17.5 Å². The summed E-state index contributed by atoms with van der Waals surface area (Å²) in [6.07, 6.45) is 1.80. The van der Waals surface area contributed by atoms with Gasteiger partial charge in [0, 0.05) is 45.4 Å². The monoisotopic (exact) mass is 383 g/mol. The maximum Gasteiger partial charge on any atom is 0.180 e. The summed E-state index contributed by atoms with van der Waals surface area (Å²) in [5, 5.41) is 11.8. The highest BCUT2D eigenvalue weighted by molar-refractivity contribution is 9.10. The summed E-state index contributed by atoms with van der Waals surface area (Å²) < 4.78 is 1.11. The molecular weight excluding hydrogens is 370 g/mol. The Kier molecular flexibility index (Phi) is 7.27. The number of nitrogens with two attached hydrogens (primary N) is 1. The van der Waals surface area contributed by atoms with Gasteiger partial charge < -0.3 is 10.8 Å². The first-order valence-electron chi connectivity index (χ1n) is 5.43. The summed E-state index contributed by atoms with van der Waals surface area (Å²) in [4.78, 5) is 8.62. The fourth-order valence-electron chi connectivity index (χ4n) is 1.63. The summed E-state index contributed by atoms with van der Waals surface area (Å²) in [7, 11) is 0. The van der Waals surface area contributed by atoms with Gasteiger partial charge in [0.05, 0.1) is 6.61 Å². The van der Waals surface area contributed by atoms with Gasteiger partial charge in [-0.05, 0) is 22.0 Å². The number of rotatable bonds is 6. The molecule has 4 nitrogen and oxygen atoms in total. The number of aliphatic hydroxyl groups is 1. The average Bonchev–Trinajstić information content (AvgIpc) is 2.89. The first-order chi connectivity index (χ1) is 8.67. The summed E-state index contributed by atoms with van der Waals surface area (Å²) in [6, 6.07) is 2.11. The predicted molar refractivity (Wildman–Crippen MR) is 87.0 cm³/mol. The van der Waals surface area contributed by atoms with E-state index in [9.17, 15) is 0 Å². The van der Waals surface area contributed by atoms with Crippen molar-refractivity contribution < 1.29 is 5.11 Å². The smallest absolute Gasteiger partial charge is 0.180 e. The number of hydrogen-bond donors (Lipinski definition) is 2. The van der Waals surface area contributed by atoms with E-state index in [1.807, 2.05) is 0 Å². The Hall–Kier alpha value is -0.180. The molecule has 0 amide bonds. The van der Waals surface area contributed by atoms with Crippen molar-refractivity contribution in [2.45, 2.75) is 13.1 Å². The van der Waals surface area contributed by atoms with Crippen LogP contribution in [0.25, 0.3) is 0 Å². The molecule has 0 fully saturated rings. The Balaban J connectivity index is 0.00000180. The Morgan fingerprint density at radius 2 is 2.11 bits per heavy atom. The lowest BCUT2D eigenvalue weighted by atomic mass is 10.4. The molecule has 0 aromatic carbocycles. The van der Waals surface area contributed by atoms with Crippen molar-refractivity contribution >= 4 is 56.1 Å². The second kappa shape index (κ2) is 8.18. The number of aromatic nitrogens is 1. The van der Waals surface area contributed by atoms with Crippen LogP contribution in [0.2, 0.25) is 0 Å². The van der Waals surface area contributed by atoms with Crippen LogP contribution in [0, 0.1) is 0 Å². The zero-order valence-electron chi connectivity index (χ0n) is 10.1. The normalized spacial score (nSPS) is 10.7. The van der Waals surface area contributed by atoms with Crippen LogP contribution >= 0.6 is 51.0 Å². The molecule has 0 bridgehead atoms. The molecule has 0 aliphatic rings. The van der Waals surface area contributed by atoms with E-state index in [2.05, 4.69) is 37.3 Å². The molecule has 0 aliphatic carbocycles. The van der Waals surface area contributed by atoms with Gasteiger partial charge in [-0.2, -0.15) is 0 Å². The topological polar surface area (TPSA) is 62.4 Å². The van der Waals surface area contributed by atoms with Crippen LogP contribution in [0.5, 0.6) is 0 Å². The Bertz CT molecular complexity index is 463. The predicted octanol–water partition coefficient (Wildman–Crippen LogP) is 2.97. The number of thiophene rings is 1. The van der Waals surface area contributed by atoms with Gasteiger partial charge in [0.25, 0.3) is 0 Å². The van der Waals surface area contributed by atoms with Gasteiger partial charge in [0.15, 0.2) is 5.13 Å². The third-order valence-electron chi connectivity index (χ3n) is 2.37. The number of thiazole rings is 1. The van der Waals surface area contributed by atoms with Crippen molar-refractivity contribution in [1.29, 1.82) is 0 Å². The fourth-order valence-corrected chi connectivity index (χ4v) is 3.85. The highest BCUT2D eigenvalue weighted by Gasteiger charge is 2.10. The van der Waals surface area contributed by atoms with Gasteiger partial charge in [-0.25, -0.2) is 4.98 Å². The lowest BCUT2D eigenvalue weighted by Gasteiger charge is -2.19. The van der Waals surface area contributed by atoms with Crippen molar-refractivity contribution in [2.24, 2.45) is 0 Å². The van der Waals surface area contributed by atoms with Crippen LogP contribution in [0.15, 0.2) is 22.1 Å². The van der Waals surface area contributed by atoms with Crippen LogP contribution in [0.4, 0.5) is 5.13 Å². The largest absolute Gasteiger partial charge is 0.395 e. The minimum Gasteiger partial charge on any atom is -0.395 e. The van der Waals surface area contributed by atoms with Crippen LogP contribution in [0.3, 0.4) is 0 Å². The number of anilines is 1. The van der Waals surface area contributed by atoms with Crippen LogP contribution in [0.1, 0.15) is 9.75 Å². The molecule has 0 spiro atoms. The molecule has 3 N–H and O–H groups in total. The lowest BCUT2D eigenvalue weighted by molar-refractivity contribution is 0.186. The van der Waals surface area contributed by atoms with Crippen molar-refractivity contribution in [1.82, 2.24) is 9.88 Å². The van der Waals surface area contributed by atoms with Gasteiger partial charge in [-0.3, -0.25) is 4.90 Å². The molecule has 0 saturated carbocycles. The van der Waals surface area contributed by atoms with Crippen molar-refractivity contribution in [2.75, 3.05) is 18.9 Å². The Morgan fingerprint density at radius 1 is 1.37 bits per heavy atom. The minimum absolute atomic E-state index is 0. The van der Waals surface area contributed by atoms with Gasteiger partial charge >= 0.3 is 0 Å². The molecule has 2 aromatic heterocycles. The van der Waals surface area contributed by atoms with Crippen molar-refractivity contribution in [3.05, 3.63) is 31.9 Å². The van der Waals surface area contributed by atoms with E-state index in [0.717, 1.165) is 22.4 Å². The maximum absolute atomic E-state index is 9.12. The van der Waals surface area contributed by atoms with Crippen molar-refractivity contribution in [3.63, 3.8) is 0 Å². The maximum atomic E-state index is 9.12. The van der Waals surface area contributed by atoms with Crippen LogP contribution in [-0.2, 0) is 13.1 Å². The third kappa shape index (κ3) is 5.37. The molecule has 0 aliphatic heterocycles. The van der Waals surface area contributed by atoms with Crippen LogP contribution < -0.4 is 5.73 Å². The molecule has 2 heterocycles. The van der Waals surface area contributed by atoms with Gasteiger partial charge in [0.1, 0.15) is 0 Å². The number of nitrogen functional groups attached to an aromatic ring is 1. The number of halogens is 2. The van der Waals surface area contributed by atoms with Gasteiger partial charge in [-0.1, -0.05) is 0 Å². The second-order valence-electron chi connectivity index (χ2n) is 3.83. The third-order valence-corrected chi connectivity index (χ3v) is 4.86. The SMILES string of the molecule is Cl.Nc1ncc(CN(CCO)Cc2cc(Br)cs2)s1. The fraction of sp³-hybridized carbons (Fsp3) is 0.364. The molecule has 0 saturated heterocycles. The quantitative estimate of drug-likeness (QED) is 0.804. The molecule has 8 heteroatoms. The minimum atomic E-state index is 0. The summed E-state index contributed by atoms with van der Waals surface area (Å²) in [5.41, 5.74) is 5.62. The summed E-state index contributed by atoms with van der Waals surface area (Å²) >= 11 is 6.66. The molecule has 19 heavy (non-hydrogen) atoms. The highest BCUT2D eigenvalue weighted by atomic mass is 79.9. The molecule has 2 aromatic rings. The summed E-state index contributed by atoms with van der Waals surface area (Å²) in [6.45, 7) is 2.40. The van der Waals surface area contributed by atoms with Gasteiger partial charge in [0.2, 0.25) is 0 Å². The Morgan fingerprint density at radius 3 is 2.63 bits per heavy atom. The van der Waals surface area contributed by atoms with E-state index in [-0.39, 0.29) is 19.0 Å². The molecule has 0 atom stereocenters. The zero-order valence-corrected chi connectivity index (χ0v) is 14.1. The number of aliphatic hydroxyl groups excluding tert-OH is 1. The molecule has 0 radical (unpaired) electrons. The highest BCUT2D eigenvalue weighted by Crippen LogP contribution is 2.23. The van der Waals surface area contributed by atoms with E-state index < -0.39 is 0 Å². The van der Waals surface area contributed by atoms with E-state index in [1.165, 1.54) is 16.2 Å². The first-order valence-corrected chi connectivity index (χ1v) is 7.92. The number of hydrogen-bond acceptors (Lipinski definition) is 6. The standard InChI is InChI=1S/C11H14BrN3OS2.ClH/c12-8-3-9(17-7-8)5-15(1-2-16)6-10-4-14-11(13)18-10;/h3-4,7,16H,1-2,5-6H2,(H2,13,14);1H. The zero-order chi connectivity index (χ0) is 13.0. The Labute approximate surface area is 134 Å². The molecular formula is C11H15BrClN3OS2. The van der Waals surface area contributed by atoms with Crippen molar-refractivity contribution in [3.8, 4) is 0 Å². The average molecular weight is 385 g/mol. The first kappa shape index (κ1) is 16.9. The molecule has 0 unspecified atom stereocenters.